The van der Waals surface area contributed by atoms with Crippen LogP contribution in [0, 0.1) is 5.92 Å². The first-order valence-corrected chi connectivity index (χ1v) is 11.7. The van der Waals surface area contributed by atoms with Crippen LogP contribution < -0.4 is 5.32 Å². The van der Waals surface area contributed by atoms with Crippen LogP contribution in [0.15, 0.2) is 35.7 Å². The molecule has 3 rings (SSSR count). The van der Waals surface area contributed by atoms with Gasteiger partial charge < -0.3 is 5.32 Å². The largest absolute Gasteiger partial charge is 0.352 e. The van der Waals surface area contributed by atoms with Crippen molar-refractivity contribution < 1.29 is 13.2 Å². The van der Waals surface area contributed by atoms with E-state index in [2.05, 4.69) is 12.2 Å². The van der Waals surface area contributed by atoms with Gasteiger partial charge in [-0.1, -0.05) is 50.1 Å². The zero-order valence-corrected chi connectivity index (χ0v) is 17.4. The molecule has 6 nitrogen and oxygen atoms in total. The molecule has 28 heavy (non-hydrogen) atoms. The highest BCUT2D eigenvalue weighted by Crippen LogP contribution is 2.23. The SMILES string of the molecule is C[C@@H]1CCCC[C@H]1NC(=O)CN1CCN(S(=O)(=O)/C=C/c2ccccc2)CC1. The van der Waals surface area contributed by atoms with Crippen molar-refractivity contribution in [2.24, 2.45) is 5.92 Å². The third kappa shape index (κ3) is 5.90. The van der Waals surface area contributed by atoms with Crippen molar-refractivity contribution >= 4 is 22.0 Å². The minimum absolute atomic E-state index is 0.0547. The Hall–Kier alpha value is -1.70. The van der Waals surface area contributed by atoms with E-state index in [-0.39, 0.29) is 11.9 Å². The Morgan fingerprint density at radius 2 is 1.79 bits per heavy atom. The second-order valence-electron chi connectivity index (χ2n) is 7.87. The van der Waals surface area contributed by atoms with Crippen LogP contribution in [-0.2, 0) is 14.8 Å². The normalized spacial score (nSPS) is 25.0. The summed E-state index contributed by atoms with van der Waals surface area (Å²) in [6.07, 6.45) is 6.30. The Morgan fingerprint density at radius 3 is 2.46 bits per heavy atom. The number of amides is 1. The van der Waals surface area contributed by atoms with Gasteiger partial charge in [0.2, 0.25) is 15.9 Å². The lowest BCUT2D eigenvalue weighted by molar-refractivity contribution is -0.123. The van der Waals surface area contributed by atoms with E-state index in [0.29, 0.717) is 38.6 Å². The van der Waals surface area contributed by atoms with Crippen LogP contribution in [0.2, 0.25) is 0 Å². The van der Waals surface area contributed by atoms with E-state index in [0.717, 1.165) is 12.0 Å². The maximum absolute atomic E-state index is 12.5. The lowest BCUT2D eigenvalue weighted by Crippen LogP contribution is -2.52. The predicted molar refractivity (Wildman–Crippen MR) is 112 cm³/mol. The van der Waals surface area contributed by atoms with Crippen molar-refractivity contribution in [3.8, 4) is 0 Å². The quantitative estimate of drug-likeness (QED) is 0.788. The van der Waals surface area contributed by atoms with Gasteiger partial charge >= 0.3 is 0 Å². The molecule has 0 aromatic heterocycles. The average molecular weight is 406 g/mol. The highest BCUT2D eigenvalue weighted by atomic mass is 32.2. The summed E-state index contributed by atoms with van der Waals surface area (Å²) < 4.78 is 26.5. The number of nitrogens with one attached hydrogen (secondary N) is 1. The molecular formula is C21H31N3O3S. The van der Waals surface area contributed by atoms with E-state index in [1.165, 1.54) is 29.0 Å². The molecule has 7 heteroatoms. The van der Waals surface area contributed by atoms with Gasteiger partial charge in [-0.25, -0.2) is 8.42 Å². The molecule has 1 N–H and O–H groups in total. The van der Waals surface area contributed by atoms with Crippen LogP contribution in [0.3, 0.4) is 0 Å². The van der Waals surface area contributed by atoms with Gasteiger partial charge in [-0.3, -0.25) is 9.69 Å². The number of sulfonamides is 1. The molecule has 0 unspecified atom stereocenters. The third-order valence-electron chi connectivity index (χ3n) is 5.75. The number of hydrogen-bond acceptors (Lipinski definition) is 4. The molecule has 154 valence electrons. The standard InChI is InChI=1S/C21H31N3O3S/c1-18-7-5-6-10-20(18)22-21(25)17-23-12-14-24(15-13-23)28(26,27)16-11-19-8-3-2-4-9-19/h2-4,8-9,11,16,18,20H,5-7,10,12-15,17H2,1H3,(H,22,25)/b16-11+/t18-,20-/m1/s1. The summed E-state index contributed by atoms with van der Waals surface area (Å²) in [5.41, 5.74) is 0.860. The molecule has 1 saturated carbocycles. The molecule has 1 aliphatic carbocycles. The van der Waals surface area contributed by atoms with Crippen molar-refractivity contribution in [3.05, 3.63) is 41.3 Å². The van der Waals surface area contributed by atoms with Gasteiger partial charge in [0, 0.05) is 37.6 Å². The average Bonchev–Trinajstić information content (AvgIpc) is 2.69. The molecule has 1 aromatic carbocycles. The molecule has 1 aliphatic heterocycles. The van der Waals surface area contributed by atoms with Crippen molar-refractivity contribution in [1.82, 2.24) is 14.5 Å². The molecular weight excluding hydrogens is 374 g/mol. The van der Waals surface area contributed by atoms with E-state index < -0.39 is 10.0 Å². The first kappa shape index (κ1) is 21.0. The second-order valence-corrected chi connectivity index (χ2v) is 9.69. The van der Waals surface area contributed by atoms with Crippen LogP contribution in [0.4, 0.5) is 0 Å². The smallest absolute Gasteiger partial charge is 0.236 e. The lowest BCUT2D eigenvalue weighted by atomic mass is 9.86. The molecule has 0 spiro atoms. The van der Waals surface area contributed by atoms with E-state index in [4.69, 9.17) is 0 Å². The number of carbonyl (C=O) groups is 1. The number of piperazine rings is 1. The van der Waals surface area contributed by atoms with Gasteiger partial charge in [-0.05, 0) is 30.4 Å². The number of carbonyl (C=O) groups excluding carboxylic acids is 1. The van der Waals surface area contributed by atoms with E-state index in [1.54, 1.807) is 6.08 Å². The summed E-state index contributed by atoms with van der Waals surface area (Å²) in [7, 11) is -3.44. The lowest BCUT2D eigenvalue weighted by Gasteiger charge is -2.34. The van der Waals surface area contributed by atoms with Crippen LogP contribution in [0.5, 0.6) is 0 Å². The van der Waals surface area contributed by atoms with Gasteiger partial charge in [0.05, 0.1) is 6.54 Å². The second kappa shape index (κ2) is 9.67. The fourth-order valence-electron chi connectivity index (χ4n) is 3.94. The summed E-state index contributed by atoms with van der Waals surface area (Å²) >= 11 is 0. The minimum atomic E-state index is -3.44. The molecule has 1 saturated heterocycles. The molecule has 2 atom stereocenters. The predicted octanol–water partition coefficient (Wildman–Crippen LogP) is 2.30. The Labute approximate surface area is 168 Å². The zero-order valence-electron chi connectivity index (χ0n) is 16.6. The first-order valence-electron chi connectivity index (χ1n) is 10.2. The minimum Gasteiger partial charge on any atom is -0.352 e. The Balaban J connectivity index is 1.46. The van der Waals surface area contributed by atoms with Gasteiger partial charge in [0.25, 0.3) is 0 Å². The van der Waals surface area contributed by atoms with Gasteiger partial charge in [-0.2, -0.15) is 4.31 Å². The van der Waals surface area contributed by atoms with Crippen molar-refractivity contribution in [2.75, 3.05) is 32.7 Å². The molecule has 1 aromatic rings. The molecule has 1 heterocycles. The van der Waals surface area contributed by atoms with Crippen LogP contribution in [-0.4, -0.2) is 62.3 Å². The first-order chi connectivity index (χ1) is 13.4. The van der Waals surface area contributed by atoms with Crippen molar-refractivity contribution in [1.29, 1.82) is 0 Å². The van der Waals surface area contributed by atoms with Gasteiger partial charge in [0.15, 0.2) is 0 Å². The van der Waals surface area contributed by atoms with E-state index >= 15 is 0 Å². The topological polar surface area (TPSA) is 69.7 Å². The maximum atomic E-state index is 12.5. The molecule has 1 amide bonds. The van der Waals surface area contributed by atoms with Gasteiger partial charge in [-0.15, -0.1) is 0 Å². The molecule has 2 fully saturated rings. The molecule has 0 radical (unpaired) electrons. The van der Waals surface area contributed by atoms with E-state index in [1.807, 2.05) is 35.2 Å². The highest BCUT2D eigenvalue weighted by Gasteiger charge is 2.27. The number of nitrogens with zero attached hydrogens (tertiary/aromatic N) is 2. The summed E-state index contributed by atoms with van der Waals surface area (Å²) in [5.74, 6) is 0.593. The summed E-state index contributed by atoms with van der Waals surface area (Å²) in [6.45, 7) is 4.52. The summed E-state index contributed by atoms with van der Waals surface area (Å²) in [5, 5.41) is 4.45. The number of hydrogen-bond donors (Lipinski definition) is 1. The van der Waals surface area contributed by atoms with E-state index in [9.17, 15) is 13.2 Å². The Kier molecular flexibility index (Phi) is 7.26. The molecule has 0 bridgehead atoms. The fourth-order valence-corrected chi connectivity index (χ4v) is 5.12. The fraction of sp³-hybridized carbons (Fsp3) is 0.571. The van der Waals surface area contributed by atoms with Gasteiger partial charge in [0.1, 0.15) is 0 Å². The van der Waals surface area contributed by atoms with Crippen molar-refractivity contribution in [2.45, 2.75) is 38.6 Å². The summed E-state index contributed by atoms with van der Waals surface area (Å²) in [6, 6.07) is 9.68. The number of rotatable bonds is 6. The third-order valence-corrected chi connectivity index (χ3v) is 7.31. The zero-order chi connectivity index (χ0) is 20.0. The number of benzene rings is 1. The molecule has 2 aliphatic rings. The van der Waals surface area contributed by atoms with Crippen LogP contribution >= 0.6 is 0 Å². The van der Waals surface area contributed by atoms with Crippen molar-refractivity contribution in [3.63, 3.8) is 0 Å². The summed E-state index contributed by atoms with van der Waals surface area (Å²) in [4.78, 5) is 14.4. The maximum Gasteiger partial charge on any atom is 0.236 e. The highest BCUT2D eigenvalue weighted by molar-refractivity contribution is 7.92. The Morgan fingerprint density at radius 1 is 1.11 bits per heavy atom. The Bertz CT molecular complexity index is 771. The monoisotopic (exact) mass is 405 g/mol. The van der Waals surface area contributed by atoms with Crippen LogP contribution in [0.1, 0.15) is 38.2 Å². The van der Waals surface area contributed by atoms with Crippen LogP contribution in [0.25, 0.3) is 6.08 Å².